The second-order valence-electron chi connectivity index (χ2n) is 6.07. The van der Waals surface area contributed by atoms with Crippen LogP contribution in [0.25, 0.3) is 0 Å². The molecule has 1 aromatic rings. The highest BCUT2D eigenvalue weighted by molar-refractivity contribution is 9.10. The highest BCUT2D eigenvalue weighted by Crippen LogP contribution is 2.18. The van der Waals surface area contributed by atoms with E-state index in [0.29, 0.717) is 18.4 Å². The summed E-state index contributed by atoms with van der Waals surface area (Å²) in [6.45, 7) is 11.7. The summed E-state index contributed by atoms with van der Waals surface area (Å²) in [7, 11) is 0. The molecule has 0 amide bonds. The number of hydrogen-bond acceptors (Lipinski definition) is 2. The van der Waals surface area contributed by atoms with Crippen LogP contribution in [0, 0.1) is 11.8 Å². The molecule has 0 spiro atoms. The van der Waals surface area contributed by atoms with Crippen molar-refractivity contribution in [1.82, 2.24) is 4.90 Å². The highest BCUT2D eigenvalue weighted by Gasteiger charge is 2.15. The van der Waals surface area contributed by atoms with Crippen molar-refractivity contribution in [3.05, 3.63) is 34.3 Å². The molecule has 0 saturated carbocycles. The van der Waals surface area contributed by atoms with E-state index in [2.05, 4.69) is 48.5 Å². The van der Waals surface area contributed by atoms with Gasteiger partial charge in [-0.3, -0.25) is 4.90 Å². The Morgan fingerprint density at radius 3 is 1.80 bits per heavy atom. The molecule has 2 nitrogen and oxygen atoms in total. The minimum atomic E-state index is -0.411. The average molecular weight is 365 g/mol. The Morgan fingerprint density at radius 2 is 1.40 bits per heavy atom. The van der Waals surface area contributed by atoms with Crippen LogP contribution in [-0.2, 0) is 0 Å². The van der Waals surface area contributed by atoms with Gasteiger partial charge in [0.05, 0.1) is 6.10 Å². The van der Waals surface area contributed by atoms with Crippen molar-refractivity contribution in [2.45, 2.75) is 33.8 Å². The molecule has 0 aliphatic carbocycles. The van der Waals surface area contributed by atoms with Gasteiger partial charge in [0, 0.05) is 24.1 Å². The summed E-state index contributed by atoms with van der Waals surface area (Å²) in [5.41, 5.74) is 0.987. The van der Waals surface area contributed by atoms with E-state index in [4.69, 9.17) is 0 Å². The number of nitrogens with zero attached hydrogens (tertiary/aromatic N) is 1. The van der Waals surface area contributed by atoms with Gasteiger partial charge < -0.3 is 5.11 Å². The van der Waals surface area contributed by atoms with Crippen LogP contribution >= 0.6 is 28.3 Å². The molecular formula is C16H27BrClNO. The minimum Gasteiger partial charge on any atom is -0.387 e. The van der Waals surface area contributed by atoms with Gasteiger partial charge in [-0.2, -0.15) is 0 Å². The van der Waals surface area contributed by atoms with E-state index in [1.165, 1.54) is 0 Å². The molecule has 1 rings (SSSR count). The van der Waals surface area contributed by atoms with Gasteiger partial charge in [-0.1, -0.05) is 55.8 Å². The Kier molecular flexibility index (Phi) is 9.73. The third-order valence-electron chi connectivity index (χ3n) is 2.93. The zero-order valence-corrected chi connectivity index (χ0v) is 15.2. The summed E-state index contributed by atoms with van der Waals surface area (Å²) in [6.07, 6.45) is -0.411. The van der Waals surface area contributed by atoms with Gasteiger partial charge in [0.1, 0.15) is 0 Å². The lowest BCUT2D eigenvalue weighted by molar-refractivity contribution is 0.0987. The molecule has 0 radical (unpaired) electrons. The highest BCUT2D eigenvalue weighted by atomic mass is 79.9. The molecule has 20 heavy (non-hydrogen) atoms. The van der Waals surface area contributed by atoms with E-state index in [1.54, 1.807) is 0 Å². The van der Waals surface area contributed by atoms with E-state index in [-0.39, 0.29) is 12.4 Å². The Balaban J connectivity index is 0.00000361. The first-order chi connectivity index (χ1) is 8.88. The maximum Gasteiger partial charge on any atom is 0.0916 e. The van der Waals surface area contributed by atoms with E-state index < -0.39 is 6.10 Å². The van der Waals surface area contributed by atoms with Gasteiger partial charge in [0.25, 0.3) is 0 Å². The fourth-order valence-electron chi connectivity index (χ4n) is 2.29. The monoisotopic (exact) mass is 363 g/mol. The van der Waals surface area contributed by atoms with Gasteiger partial charge >= 0.3 is 0 Å². The fourth-order valence-corrected chi connectivity index (χ4v) is 2.56. The van der Waals surface area contributed by atoms with Gasteiger partial charge in [-0.25, -0.2) is 0 Å². The molecule has 0 saturated heterocycles. The van der Waals surface area contributed by atoms with Crippen LogP contribution < -0.4 is 0 Å². The van der Waals surface area contributed by atoms with Crippen molar-refractivity contribution < 1.29 is 5.11 Å². The maximum atomic E-state index is 10.4. The number of benzene rings is 1. The molecule has 0 bridgehead atoms. The normalized spacial score (nSPS) is 12.8. The average Bonchev–Trinajstić information content (AvgIpc) is 2.27. The zero-order chi connectivity index (χ0) is 14.4. The first kappa shape index (κ1) is 19.9. The Bertz CT molecular complexity index is 357. The van der Waals surface area contributed by atoms with Crippen LogP contribution in [0.5, 0.6) is 0 Å². The summed E-state index contributed by atoms with van der Waals surface area (Å²) in [5.74, 6) is 1.24. The quantitative estimate of drug-likeness (QED) is 0.769. The van der Waals surface area contributed by atoms with Crippen LogP contribution in [0.15, 0.2) is 28.7 Å². The second kappa shape index (κ2) is 9.78. The maximum absolute atomic E-state index is 10.4. The van der Waals surface area contributed by atoms with Gasteiger partial charge in [-0.05, 0) is 29.5 Å². The van der Waals surface area contributed by atoms with Crippen LogP contribution in [0.4, 0.5) is 0 Å². The van der Waals surface area contributed by atoms with Gasteiger partial charge in [0.2, 0.25) is 0 Å². The van der Waals surface area contributed by atoms with E-state index in [1.807, 2.05) is 24.3 Å². The third kappa shape index (κ3) is 7.63. The largest absolute Gasteiger partial charge is 0.387 e. The van der Waals surface area contributed by atoms with E-state index >= 15 is 0 Å². The van der Waals surface area contributed by atoms with Crippen molar-refractivity contribution in [3.8, 4) is 0 Å². The molecule has 116 valence electrons. The van der Waals surface area contributed by atoms with E-state index in [9.17, 15) is 5.11 Å². The Hall–Kier alpha value is -0.0900. The van der Waals surface area contributed by atoms with Crippen LogP contribution in [-0.4, -0.2) is 29.6 Å². The first-order valence-electron chi connectivity index (χ1n) is 7.04. The molecule has 0 fully saturated rings. The fraction of sp³-hybridized carbons (Fsp3) is 0.625. The lowest BCUT2D eigenvalue weighted by Gasteiger charge is -2.28. The number of hydrogen-bond donors (Lipinski definition) is 1. The zero-order valence-electron chi connectivity index (χ0n) is 12.8. The Morgan fingerprint density at radius 1 is 0.950 bits per heavy atom. The summed E-state index contributed by atoms with van der Waals surface area (Å²) < 4.78 is 1.05. The molecular weight excluding hydrogens is 338 g/mol. The smallest absolute Gasteiger partial charge is 0.0916 e. The summed E-state index contributed by atoms with van der Waals surface area (Å²) in [5, 5.41) is 10.4. The lowest BCUT2D eigenvalue weighted by atomic mass is 10.1. The third-order valence-corrected chi connectivity index (χ3v) is 3.46. The predicted molar refractivity (Wildman–Crippen MR) is 92.5 cm³/mol. The van der Waals surface area contributed by atoms with Crippen LogP contribution in [0.1, 0.15) is 39.4 Å². The van der Waals surface area contributed by atoms with Crippen molar-refractivity contribution in [2.24, 2.45) is 11.8 Å². The molecule has 0 aliphatic rings. The Labute approximate surface area is 138 Å². The van der Waals surface area contributed by atoms with Crippen LogP contribution in [0.2, 0.25) is 0 Å². The minimum absolute atomic E-state index is 0. The summed E-state index contributed by atoms with van der Waals surface area (Å²) in [6, 6.07) is 7.93. The first-order valence-corrected chi connectivity index (χ1v) is 7.83. The molecule has 0 aliphatic heterocycles. The molecule has 0 aromatic heterocycles. The van der Waals surface area contributed by atoms with Crippen molar-refractivity contribution >= 4 is 28.3 Å². The topological polar surface area (TPSA) is 23.5 Å². The molecule has 0 heterocycles. The van der Waals surface area contributed by atoms with Crippen molar-refractivity contribution in [1.29, 1.82) is 0 Å². The molecule has 1 atom stereocenters. The van der Waals surface area contributed by atoms with Crippen molar-refractivity contribution in [3.63, 3.8) is 0 Å². The summed E-state index contributed by atoms with van der Waals surface area (Å²) >= 11 is 3.42. The van der Waals surface area contributed by atoms with Gasteiger partial charge in [0.15, 0.2) is 0 Å². The number of halogens is 2. The summed E-state index contributed by atoms with van der Waals surface area (Å²) in [4.78, 5) is 2.36. The molecule has 1 aromatic carbocycles. The predicted octanol–water partition coefficient (Wildman–Crippen LogP) is 4.52. The van der Waals surface area contributed by atoms with Crippen LogP contribution in [0.3, 0.4) is 0 Å². The number of aliphatic hydroxyl groups is 1. The number of aliphatic hydroxyl groups excluding tert-OH is 1. The molecule has 4 heteroatoms. The molecule has 1 N–H and O–H groups in total. The van der Waals surface area contributed by atoms with E-state index in [0.717, 1.165) is 23.1 Å². The van der Waals surface area contributed by atoms with Gasteiger partial charge in [-0.15, -0.1) is 12.4 Å². The lowest BCUT2D eigenvalue weighted by Crippen LogP contribution is -2.35. The molecule has 1 unspecified atom stereocenters. The number of rotatable bonds is 7. The SMILES string of the molecule is CC(C)CN(CC(C)C)CC(O)c1ccc(Br)cc1.Cl. The second-order valence-corrected chi connectivity index (χ2v) is 6.99. The standard InChI is InChI=1S/C16H26BrNO.ClH/c1-12(2)9-18(10-13(3)4)11-16(19)14-5-7-15(17)8-6-14;/h5-8,12-13,16,19H,9-11H2,1-4H3;1H. The van der Waals surface area contributed by atoms with Crippen molar-refractivity contribution in [2.75, 3.05) is 19.6 Å².